The Hall–Kier alpha value is -3.45. The van der Waals surface area contributed by atoms with Gasteiger partial charge in [-0.3, -0.25) is 24.2 Å². The number of anilines is 1. The summed E-state index contributed by atoms with van der Waals surface area (Å²) in [4.78, 5) is 41.1. The lowest BCUT2D eigenvalue weighted by Gasteiger charge is -2.26. The third-order valence-corrected chi connectivity index (χ3v) is 9.23. The van der Waals surface area contributed by atoms with E-state index in [1.807, 2.05) is 18.2 Å². The van der Waals surface area contributed by atoms with Crippen LogP contribution in [-0.2, 0) is 25.5 Å². The van der Waals surface area contributed by atoms with Crippen molar-refractivity contribution in [2.24, 2.45) is 0 Å². The molecule has 2 fully saturated rings. The number of rotatable bonds is 12. The van der Waals surface area contributed by atoms with Gasteiger partial charge in [0.2, 0.25) is 5.91 Å². The number of carboxylic acids is 1. The summed E-state index contributed by atoms with van der Waals surface area (Å²) >= 11 is 19.6. The van der Waals surface area contributed by atoms with Crippen molar-refractivity contribution >= 4 is 81.0 Å². The smallest absolute Gasteiger partial charge is 0.307 e. The second kappa shape index (κ2) is 15.9. The number of morpholine rings is 1. The average Bonchev–Trinajstić information content (AvgIpc) is 3.29. The van der Waals surface area contributed by atoms with Crippen LogP contribution in [0.2, 0.25) is 10.0 Å². The van der Waals surface area contributed by atoms with Gasteiger partial charge in [-0.2, -0.15) is 0 Å². The molecule has 2 heterocycles. The molecule has 0 radical (unpaired) electrons. The molecule has 3 aromatic carbocycles. The lowest BCUT2D eigenvalue weighted by molar-refractivity contribution is -0.136. The van der Waals surface area contributed by atoms with Gasteiger partial charge in [0.25, 0.3) is 5.91 Å². The Labute approximate surface area is 286 Å². The number of ether oxygens (including phenoxy) is 2. The van der Waals surface area contributed by atoms with E-state index in [1.54, 1.807) is 48.5 Å². The van der Waals surface area contributed by atoms with E-state index in [0.717, 1.165) is 30.8 Å². The minimum Gasteiger partial charge on any atom is -0.492 e. The Morgan fingerprint density at radius 2 is 1.85 bits per heavy atom. The van der Waals surface area contributed by atoms with Gasteiger partial charge in [0.05, 0.1) is 24.5 Å². The zero-order valence-corrected chi connectivity index (χ0v) is 27.8. The first-order valence-corrected chi connectivity index (χ1v) is 16.5. The molecule has 9 nitrogen and oxygen atoms in total. The van der Waals surface area contributed by atoms with Gasteiger partial charge in [-0.15, -0.1) is 0 Å². The molecule has 0 bridgehead atoms. The van der Waals surface area contributed by atoms with Crippen molar-refractivity contribution in [2.45, 2.75) is 12.8 Å². The highest BCUT2D eigenvalue weighted by Gasteiger charge is 2.32. The van der Waals surface area contributed by atoms with Crippen molar-refractivity contribution in [3.05, 3.63) is 86.7 Å². The summed E-state index contributed by atoms with van der Waals surface area (Å²) in [6, 6.07) is 17.5. The SMILES string of the molecule is O=C(O)Cc1cccc(NC(=O)CCN2C(=O)C(=Cc3ccc(OCCN4CCOCC4)c(-c4cc(Cl)ccc4Cl)c3)SC2=S)c1. The third-order valence-electron chi connectivity index (χ3n) is 7.29. The Bertz CT molecular complexity index is 1680. The molecule has 46 heavy (non-hydrogen) atoms. The number of hydrogen-bond donors (Lipinski definition) is 2. The number of amides is 2. The molecule has 240 valence electrons. The number of thiocarbonyl (C=S) groups is 1. The first kappa shape index (κ1) is 33.9. The maximum atomic E-state index is 13.3. The molecule has 3 aromatic rings. The van der Waals surface area contributed by atoms with Gasteiger partial charge in [0.15, 0.2) is 0 Å². The Morgan fingerprint density at radius 1 is 1.04 bits per heavy atom. The largest absolute Gasteiger partial charge is 0.492 e. The highest BCUT2D eigenvalue weighted by molar-refractivity contribution is 8.26. The Kier molecular flexibility index (Phi) is 11.7. The number of nitrogens with zero attached hydrogens (tertiary/aromatic N) is 2. The standard InChI is InChI=1S/C33H31Cl2N3O6S2/c34-23-5-6-27(35)25(20-23)26-17-22(4-7-28(26)44-15-12-37-10-13-43-14-11-37)18-29-32(42)38(33(45)46-29)9-8-30(39)36-24-3-1-2-21(16-24)19-31(40)41/h1-7,16-18,20H,8-15,19H2,(H,36,39)(H,40,41). The van der Waals surface area contributed by atoms with Crippen molar-refractivity contribution in [3.63, 3.8) is 0 Å². The molecule has 0 aliphatic carbocycles. The summed E-state index contributed by atoms with van der Waals surface area (Å²) in [6.45, 7) is 4.48. The van der Waals surface area contributed by atoms with Crippen molar-refractivity contribution in [2.75, 3.05) is 51.3 Å². The van der Waals surface area contributed by atoms with E-state index in [9.17, 15) is 14.4 Å². The van der Waals surface area contributed by atoms with Gasteiger partial charge < -0.3 is 19.9 Å². The molecule has 2 aliphatic rings. The minimum atomic E-state index is -0.959. The summed E-state index contributed by atoms with van der Waals surface area (Å²) in [6.07, 6.45) is 1.62. The molecule has 0 unspecified atom stereocenters. The van der Waals surface area contributed by atoms with Crippen LogP contribution < -0.4 is 10.1 Å². The lowest BCUT2D eigenvalue weighted by atomic mass is 10.0. The van der Waals surface area contributed by atoms with Gasteiger partial charge in [-0.1, -0.05) is 65.4 Å². The van der Waals surface area contributed by atoms with Crippen LogP contribution in [0.1, 0.15) is 17.5 Å². The molecule has 2 amide bonds. The zero-order chi connectivity index (χ0) is 32.6. The quantitative estimate of drug-likeness (QED) is 0.168. The number of hydrogen-bond acceptors (Lipinski definition) is 8. The topological polar surface area (TPSA) is 108 Å². The van der Waals surface area contributed by atoms with Crippen LogP contribution in [0.5, 0.6) is 5.75 Å². The van der Waals surface area contributed by atoms with Crippen molar-refractivity contribution in [1.82, 2.24) is 9.80 Å². The van der Waals surface area contributed by atoms with Crippen molar-refractivity contribution in [1.29, 1.82) is 0 Å². The summed E-state index contributed by atoms with van der Waals surface area (Å²) in [7, 11) is 0. The Balaban J connectivity index is 1.27. The molecule has 5 rings (SSSR count). The van der Waals surface area contributed by atoms with Crippen LogP contribution in [0, 0.1) is 0 Å². The van der Waals surface area contributed by atoms with E-state index >= 15 is 0 Å². The van der Waals surface area contributed by atoms with E-state index in [2.05, 4.69) is 10.2 Å². The maximum Gasteiger partial charge on any atom is 0.307 e. The number of thioether (sulfide) groups is 1. The van der Waals surface area contributed by atoms with Crippen molar-refractivity contribution < 1.29 is 29.0 Å². The van der Waals surface area contributed by atoms with Crippen molar-refractivity contribution in [3.8, 4) is 16.9 Å². The van der Waals surface area contributed by atoms with Gasteiger partial charge in [0, 0.05) is 59.5 Å². The van der Waals surface area contributed by atoms with E-state index in [1.165, 1.54) is 16.7 Å². The normalized spacial score (nSPS) is 16.2. The first-order chi connectivity index (χ1) is 22.2. The molecular weight excluding hydrogens is 669 g/mol. The lowest BCUT2D eigenvalue weighted by Crippen LogP contribution is -2.38. The van der Waals surface area contributed by atoms with E-state index in [0.29, 0.717) is 61.7 Å². The summed E-state index contributed by atoms with van der Waals surface area (Å²) in [5.41, 5.74) is 3.24. The maximum absolute atomic E-state index is 13.3. The summed E-state index contributed by atoms with van der Waals surface area (Å²) < 4.78 is 12.0. The molecule has 2 aliphatic heterocycles. The molecule has 0 aromatic heterocycles. The number of carbonyl (C=O) groups excluding carboxylic acids is 2. The molecule has 0 atom stereocenters. The molecular formula is C33H31Cl2N3O6S2. The van der Waals surface area contributed by atoms with E-state index in [4.69, 9.17) is 50.0 Å². The van der Waals surface area contributed by atoms with E-state index < -0.39 is 5.97 Å². The zero-order valence-electron chi connectivity index (χ0n) is 24.7. The number of aliphatic carboxylic acids is 1. The fourth-order valence-corrected chi connectivity index (χ4v) is 6.70. The van der Waals surface area contributed by atoms with Gasteiger partial charge in [-0.05, 0) is 59.7 Å². The number of nitrogens with one attached hydrogen (secondary N) is 1. The predicted molar refractivity (Wildman–Crippen MR) is 186 cm³/mol. The van der Waals surface area contributed by atoms with Crippen LogP contribution in [0.25, 0.3) is 17.2 Å². The second-order valence-corrected chi connectivity index (χ2v) is 13.1. The molecule has 0 spiro atoms. The molecule has 0 saturated carbocycles. The molecule has 13 heteroatoms. The van der Waals surface area contributed by atoms with Crippen LogP contribution >= 0.6 is 47.2 Å². The van der Waals surface area contributed by atoms with Gasteiger partial charge in [-0.25, -0.2) is 0 Å². The molecule has 2 saturated heterocycles. The summed E-state index contributed by atoms with van der Waals surface area (Å²) in [5, 5.41) is 12.8. The number of halogens is 2. The van der Waals surface area contributed by atoms with Gasteiger partial charge >= 0.3 is 5.97 Å². The average molecular weight is 701 g/mol. The fourth-order valence-electron chi connectivity index (χ4n) is 5.00. The number of benzene rings is 3. The van der Waals surface area contributed by atoms with E-state index in [-0.39, 0.29) is 31.2 Å². The summed E-state index contributed by atoms with van der Waals surface area (Å²) in [5.74, 6) is -0.932. The number of carbonyl (C=O) groups is 3. The van der Waals surface area contributed by atoms with Crippen LogP contribution in [0.3, 0.4) is 0 Å². The monoisotopic (exact) mass is 699 g/mol. The fraction of sp³-hybridized carbons (Fsp3) is 0.273. The highest BCUT2D eigenvalue weighted by Crippen LogP contribution is 2.39. The number of carboxylic acid groups (broad SMARTS) is 1. The first-order valence-electron chi connectivity index (χ1n) is 14.5. The third kappa shape index (κ3) is 9.09. The van der Waals surface area contributed by atoms with Gasteiger partial charge in [0.1, 0.15) is 16.7 Å². The highest BCUT2D eigenvalue weighted by atomic mass is 35.5. The molecule has 2 N–H and O–H groups in total. The second-order valence-electron chi connectivity index (χ2n) is 10.6. The predicted octanol–water partition coefficient (Wildman–Crippen LogP) is 6.23. The Morgan fingerprint density at radius 3 is 2.63 bits per heavy atom. The van der Waals surface area contributed by atoms with Crippen LogP contribution in [0.15, 0.2) is 65.6 Å². The van der Waals surface area contributed by atoms with Crippen LogP contribution in [0.4, 0.5) is 5.69 Å². The van der Waals surface area contributed by atoms with Crippen LogP contribution in [-0.4, -0.2) is 83.0 Å². The minimum absolute atomic E-state index is 0.0107.